The number of hydrogen-bond acceptors (Lipinski definition) is 4. The molecule has 0 bridgehead atoms. The number of ether oxygens (including phenoxy) is 3. The maximum absolute atomic E-state index is 14.0. The lowest BCUT2D eigenvalue weighted by Crippen LogP contribution is -2.38. The van der Waals surface area contributed by atoms with Crippen molar-refractivity contribution < 1.29 is 23.4 Å². The number of rotatable bonds is 8. The number of benzene rings is 1. The van der Waals surface area contributed by atoms with Crippen molar-refractivity contribution in [1.29, 1.82) is 0 Å². The van der Waals surface area contributed by atoms with Crippen LogP contribution in [0, 0.1) is 5.82 Å². The van der Waals surface area contributed by atoms with E-state index in [4.69, 9.17) is 19.9 Å². The molecule has 5 nitrogen and oxygen atoms in total. The van der Waals surface area contributed by atoms with Crippen LogP contribution >= 0.6 is 0 Å². The van der Waals surface area contributed by atoms with Gasteiger partial charge in [-0.15, -0.1) is 0 Å². The van der Waals surface area contributed by atoms with E-state index in [0.29, 0.717) is 18.6 Å². The second-order valence-electron chi connectivity index (χ2n) is 5.20. The first kappa shape index (κ1) is 17.4. The third-order valence-electron chi connectivity index (χ3n) is 3.24. The second kappa shape index (κ2) is 7.95. The predicted octanol–water partition coefficient (Wildman–Crippen LogP) is 2.79. The quantitative estimate of drug-likeness (QED) is 0.592. The van der Waals surface area contributed by atoms with Gasteiger partial charge in [-0.2, -0.15) is 0 Å². The van der Waals surface area contributed by atoms with E-state index in [9.17, 15) is 9.18 Å². The van der Waals surface area contributed by atoms with Crippen LogP contribution in [0.15, 0.2) is 24.3 Å². The Kier molecular flexibility index (Phi) is 6.58. The number of hydrogen-bond donors (Lipinski definition) is 1. The molecule has 0 unspecified atom stereocenters. The summed E-state index contributed by atoms with van der Waals surface area (Å²) in [7, 11) is 1.52. The molecule has 0 aromatic heterocycles. The Bertz CT molecular complexity index is 465. The fourth-order valence-electron chi connectivity index (χ4n) is 2.31. The largest absolute Gasteiger partial charge is 0.443 e. The molecule has 0 aliphatic heterocycles. The SMILES string of the molecule is COCOCC[C@@H](c1ccccc1F)C(C)(C)OC(N)=O. The van der Waals surface area contributed by atoms with E-state index in [1.807, 2.05) is 0 Å². The summed E-state index contributed by atoms with van der Waals surface area (Å²) in [4.78, 5) is 11.1. The summed E-state index contributed by atoms with van der Waals surface area (Å²) in [5.74, 6) is -0.738. The van der Waals surface area contributed by atoms with Crippen LogP contribution in [-0.2, 0) is 14.2 Å². The van der Waals surface area contributed by atoms with Crippen molar-refractivity contribution in [3.63, 3.8) is 0 Å². The Balaban J connectivity index is 2.94. The molecule has 2 N–H and O–H groups in total. The highest BCUT2D eigenvalue weighted by Gasteiger charge is 2.35. The van der Waals surface area contributed by atoms with Crippen LogP contribution in [0.1, 0.15) is 31.7 Å². The molecule has 0 fully saturated rings. The maximum atomic E-state index is 14.0. The molecule has 1 aromatic carbocycles. The Morgan fingerprint density at radius 1 is 1.38 bits per heavy atom. The molecule has 6 heteroatoms. The maximum Gasteiger partial charge on any atom is 0.405 e. The van der Waals surface area contributed by atoms with Gasteiger partial charge in [-0.05, 0) is 31.9 Å². The van der Waals surface area contributed by atoms with Gasteiger partial charge in [0.05, 0.1) is 6.61 Å². The highest BCUT2D eigenvalue weighted by Crippen LogP contribution is 2.35. The van der Waals surface area contributed by atoms with E-state index in [2.05, 4.69) is 0 Å². The first-order valence-corrected chi connectivity index (χ1v) is 6.68. The average molecular weight is 299 g/mol. The number of primary amides is 1. The van der Waals surface area contributed by atoms with Gasteiger partial charge in [0.2, 0.25) is 0 Å². The highest BCUT2D eigenvalue weighted by atomic mass is 19.1. The van der Waals surface area contributed by atoms with Gasteiger partial charge in [0.1, 0.15) is 18.2 Å². The number of halogens is 1. The molecule has 0 saturated heterocycles. The minimum Gasteiger partial charge on any atom is -0.443 e. The van der Waals surface area contributed by atoms with Gasteiger partial charge in [0, 0.05) is 13.0 Å². The van der Waals surface area contributed by atoms with Crippen LogP contribution in [-0.4, -0.2) is 32.2 Å². The number of amides is 1. The van der Waals surface area contributed by atoms with Gasteiger partial charge in [0.15, 0.2) is 0 Å². The third kappa shape index (κ3) is 5.32. The van der Waals surface area contributed by atoms with Gasteiger partial charge in [-0.3, -0.25) is 0 Å². The smallest absolute Gasteiger partial charge is 0.405 e. The van der Waals surface area contributed by atoms with Crippen molar-refractivity contribution in [3.05, 3.63) is 35.6 Å². The monoisotopic (exact) mass is 299 g/mol. The molecule has 0 aliphatic rings. The molecular weight excluding hydrogens is 277 g/mol. The zero-order chi connectivity index (χ0) is 15.9. The summed E-state index contributed by atoms with van der Waals surface area (Å²) in [6.07, 6.45) is -0.427. The summed E-state index contributed by atoms with van der Waals surface area (Å²) in [5.41, 5.74) is 4.61. The minimum atomic E-state index is -0.954. The summed E-state index contributed by atoms with van der Waals surface area (Å²) in [5, 5.41) is 0. The van der Waals surface area contributed by atoms with Crippen LogP contribution in [0.5, 0.6) is 0 Å². The highest BCUT2D eigenvalue weighted by molar-refractivity contribution is 5.65. The lowest BCUT2D eigenvalue weighted by atomic mass is 9.82. The Morgan fingerprint density at radius 3 is 2.62 bits per heavy atom. The first-order valence-electron chi connectivity index (χ1n) is 6.68. The number of carbonyl (C=O) groups is 1. The van der Waals surface area contributed by atoms with Gasteiger partial charge < -0.3 is 19.9 Å². The molecule has 0 aliphatic carbocycles. The summed E-state index contributed by atoms with van der Waals surface area (Å²) < 4.78 is 29.3. The van der Waals surface area contributed by atoms with Crippen molar-refractivity contribution in [2.75, 3.05) is 20.5 Å². The van der Waals surface area contributed by atoms with E-state index in [1.54, 1.807) is 32.0 Å². The summed E-state index contributed by atoms with van der Waals surface area (Å²) in [6.45, 7) is 3.90. The third-order valence-corrected chi connectivity index (χ3v) is 3.24. The van der Waals surface area contributed by atoms with E-state index in [-0.39, 0.29) is 18.5 Å². The normalized spacial score (nSPS) is 13.0. The first-order chi connectivity index (χ1) is 9.88. The molecule has 118 valence electrons. The van der Waals surface area contributed by atoms with Gasteiger partial charge in [0.25, 0.3) is 0 Å². The predicted molar refractivity (Wildman–Crippen MR) is 76.3 cm³/mol. The lowest BCUT2D eigenvalue weighted by Gasteiger charge is -2.34. The summed E-state index contributed by atoms with van der Waals surface area (Å²) in [6, 6.07) is 6.39. The number of carbonyl (C=O) groups excluding carboxylic acids is 1. The molecule has 0 heterocycles. The average Bonchev–Trinajstić information content (AvgIpc) is 2.38. The van der Waals surface area contributed by atoms with Crippen LogP contribution in [0.4, 0.5) is 9.18 Å². The van der Waals surface area contributed by atoms with Crippen molar-refractivity contribution in [3.8, 4) is 0 Å². The molecule has 1 amide bonds. The fraction of sp³-hybridized carbons (Fsp3) is 0.533. The molecule has 0 radical (unpaired) electrons. The zero-order valence-corrected chi connectivity index (χ0v) is 12.6. The fourth-order valence-corrected chi connectivity index (χ4v) is 2.31. The Morgan fingerprint density at radius 2 is 2.05 bits per heavy atom. The van der Waals surface area contributed by atoms with E-state index >= 15 is 0 Å². The number of methoxy groups -OCH3 is 1. The van der Waals surface area contributed by atoms with Gasteiger partial charge in [-0.25, -0.2) is 9.18 Å². The van der Waals surface area contributed by atoms with E-state index in [0.717, 1.165) is 0 Å². The lowest BCUT2D eigenvalue weighted by molar-refractivity contribution is -0.0428. The van der Waals surface area contributed by atoms with Crippen LogP contribution in [0.3, 0.4) is 0 Å². The van der Waals surface area contributed by atoms with Crippen molar-refractivity contribution in [2.24, 2.45) is 5.73 Å². The van der Waals surface area contributed by atoms with Crippen LogP contribution in [0.2, 0.25) is 0 Å². The van der Waals surface area contributed by atoms with E-state index in [1.165, 1.54) is 13.2 Å². The van der Waals surface area contributed by atoms with Crippen molar-refractivity contribution >= 4 is 6.09 Å². The Labute approximate surface area is 124 Å². The standard InChI is InChI=1S/C15H22FNO4/c1-15(2,21-14(17)18)12(8-9-20-10-19-3)11-6-4-5-7-13(11)16/h4-7,12H,8-10H2,1-3H3,(H2,17,18)/t12-/m0/s1. The van der Waals surface area contributed by atoms with Gasteiger partial charge in [-0.1, -0.05) is 18.2 Å². The molecule has 1 rings (SSSR count). The second-order valence-corrected chi connectivity index (χ2v) is 5.20. The van der Waals surface area contributed by atoms with E-state index < -0.39 is 11.7 Å². The van der Waals surface area contributed by atoms with Crippen LogP contribution < -0.4 is 5.73 Å². The molecule has 1 atom stereocenters. The van der Waals surface area contributed by atoms with Gasteiger partial charge >= 0.3 is 6.09 Å². The van der Waals surface area contributed by atoms with Crippen molar-refractivity contribution in [2.45, 2.75) is 31.8 Å². The molecule has 0 spiro atoms. The number of nitrogens with two attached hydrogens (primary N) is 1. The zero-order valence-electron chi connectivity index (χ0n) is 12.6. The van der Waals surface area contributed by atoms with Crippen LogP contribution in [0.25, 0.3) is 0 Å². The minimum absolute atomic E-state index is 0.154. The Hall–Kier alpha value is -1.66. The topological polar surface area (TPSA) is 70.8 Å². The molecular formula is C15H22FNO4. The molecule has 0 saturated carbocycles. The summed E-state index contributed by atoms with van der Waals surface area (Å²) >= 11 is 0. The molecule has 21 heavy (non-hydrogen) atoms. The molecule has 1 aromatic rings. The van der Waals surface area contributed by atoms with Crippen molar-refractivity contribution in [1.82, 2.24) is 0 Å².